The van der Waals surface area contributed by atoms with Gasteiger partial charge >= 0.3 is 0 Å². The molecule has 0 saturated carbocycles. The van der Waals surface area contributed by atoms with Gasteiger partial charge in [-0.15, -0.1) is 11.8 Å². The number of hydrogen-bond donors (Lipinski definition) is 1. The quantitative estimate of drug-likeness (QED) is 0.527. The molecule has 6 heteroatoms. The lowest BCUT2D eigenvalue weighted by Crippen LogP contribution is -2.44. The second-order valence-corrected chi connectivity index (χ2v) is 8.43. The number of allylic oxidation sites excluding steroid dienone is 1. The molecule has 5 nitrogen and oxygen atoms in total. The van der Waals surface area contributed by atoms with Gasteiger partial charge in [0.25, 0.3) is 0 Å². The van der Waals surface area contributed by atoms with Crippen molar-refractivity contribution in [1.82, 2.24) is 15.2 Å². The summed E-state index contributed by atoms with van der Waals surface area (Å²) in [5.41, 5.74) is 5.91. The van der Waals surface area contributed by atoms with Gasteiger partial charge in [-0.3, -0.25) is 5.10 Å². The first-order chi connectivity index (χ1) is 15.0. The summed E-state index contributed by atoms with van der Waals surface area (Å²) in [6.45, 7) is 10.7. The standard InChI is InChI=1S/C21H26N2OS.C4H6N2/c1-5-8-17-16(3)22-21(23-11-12-24-14-15(23)2)13-19(17)18-9-6-7-10-20(18)25-4;1-4-2-3-5-6-4/h5-10,13,15H,11-12,14H2,1-4H3;2-3H,1H3,(H,5,6)/b8-5-;. The second-order valence-electron chi connectivity index (χ2n) is 7.58. The SMILES string of the molecule is C/C=C\c1c(-c2ccccc2SC)cc(N2CCOCC2C)nc1C.Cc1ccn[nH]1. The summed E-state index contributed by atoms with van der Waals surface area (Å²) in [5.74, 6) is 1.05. The Labute approximate surface area is 189 Å². The molecule has 3 heterocycles. The molecular formula is C25H32N4OS. The number of nitrogens with one attached hydrogen (secondary N) is 1. The minimum absolute atomic E-state index is 0.344. The average Bonchev–Trinajstić information content (AvgIpc) is 3.27. The van der Waals surface area contributed by atoms with Crippen LogP contribution in [0.2, 0.25) is 0 Å². The van der Waals surface area contributed by atoms with Gasteiger partial charge in [-0.05, 0) is 63.3 Å². The Bertz CT molecular complexity index is 1000. The van der Waals surface area contributed by atoms with Crippen LogP contribution in [-0.4, -0.2) is 47.2 Å². The number of rotatable bonds is 4. The fourth-order valence-corrected chi connectivity index (χ4v) is 4.29. The van der Waals surface area contributed by atoms with Gasteiger partial charge in [0.1, 0.15) is 5.82 Å². The van der Waals surface area contributed by atoms with Crippen LogP contribution in [0.25, 0.3) is 17.2 Å². The first-order valence-corrected chi connectivity index (χ1v) is 11.9. The third-order valence-electron chi connectivity index (χ3n) is 5.27. The Kier molecular flexibility index (Phi) is 8.32. The van der Waals surface area contributed by atoms with Gasteiger partial charge in [0.2, 0.25) is 0 Å². The fourth-order valence-electron chi connectivity index (χ4n) is 3.67. The number of pyridine rings is 1. The Balaban J connectivity index is 0.000000391. The zero-order valence-corrected chi connectivity index (χ0v) is 19.9. The molecule has 1 unspecified atom stereocenters. The van der Waals surface area contributed by atoms with Gasteiger partial charge in [-0.25, -0.2) is 4.98 Å². The van der Waals surface area contributed by atoms with E-state index in [-0.39, 0.29) is 0 Å². The van der Waals surface area contributed by atoms with Gasteiger partial charge in [-0.1, -0.05) is 30.4 Å². The first-order valence-electron chi connectivity index (χ1n) is 10.6. The number of benzene rings is 1. The molecule has 0 spiro atoms. The fraction of sp³-hybridized carbons (Fsp3) is 0.360. The summed E-state index contributed by atoms with van der Waals surface area (Å²) in [5, 5.41) is 6.45. The first kappa shape index (κ1) is 23.1. The van der Waals surface area contributed by atoms with E-state index in [4.69, 9.17) is 9.72 Å². The molecular weight excluding hydrogens is 404 g/mol. The van der Waals surface area contributed by atoms with Crippen molar-refractivity contribution >= 4 is 23.7 Å². The predicted molar refractivity (Wildman–Crippen MR) is 132 cm³/mol. The van der Waals surface area contributed by atoms with E-state index in [2.05, 4.69) is 84.6 Å². The van der Waals surface area contributed by atoms with Crippen LogP contribution in [0.3, 0.4) is 0 Å². The Morgan fingerprint density at radius 3 is 2.61 bits per heavy atom. The topological polar surface area (TPSA) is 54.0 Å². The zero-order chi connectivity index (χ0) is 22.2. The van der Waals surface area contributed by atoms with Crippen LogP contribution in [0, 0.1) is 13.8 Å². The zero-order valence-electron chi connectivity index (χ0n) is 19.1. The van der Waals surface area contributed by atoms with Gasteiger partial charge < -0.3 is 9.64 Å². The molecule has 164 valence electrons. The van der Waals surface area contributed by atoms with E-state index >= 15 is 0 Å². The number of aromatic nitrogens is 3. The molecule has 0 radical (unpaired) electrons. The molecule has 4 rings (SSSR count). The van der Waals surface area contributed by atoms with E-state index < -0.39 is 0 Å². The summed E-state index contributed by atoms with van der Waals surface area (Å²) in [6.07, 6.45) is 8.12. The van der Waals surface area contributed by atoms with Crippen molar-refractivity contribution in [3.63, 3.8) is 0 Å². The molecule has 31 heavy (non-hydrogen) atoms. The number of hydrogen-bond acceptors (Lipinski definition) is 5. The molecule has 2 aromatic heterocycles. The van der Waals surface area contributed by atoms with Crippen LogP contribution in [0.1, 0.15) is 30.8 Å². The Hall–Kier alpha value is -2.57. The van der Waals surface area contributed by atoms with Crippen LogP contribution in [-0.2, 0) is 4.74 Å². The van der Waals surface area contributed by atoms with Gasteiger partial charge in [-0.2, -0.15) is 5.10 Å². The van der Waals surface area contributed by atoms with Crippen LogP contribution in [0.4, 0.5) is 5.82 Å². The summed E-state index contributed by atoms with van der Waals surface area (Å²) in [7, 11) is 0. The van der Waals surface area contributed by atoms with Crippen molar-refractivity contribution in [2.75, 3.05) is 30.9 Å². The normalized spacial score (nSPS) is 16.3. The monoisotopic (exact) mass is 436 g/mol. The highest BCUT2D eigenvalue weighted by molar-refractivity contribution is 7.98. The highest BCUT2D eigenvalue weighted by Crippen LogP contribution is 2.36. The molecule has 0 aliphatic carbocycles. The van der Waals surface area contributed by atoms with E-state index in [1.54, 1.807) is 18.0 Å². The van der Waals surface area contributed by atoms with Crippen molar-refractivity contribution < 1.29 is 4.74 Å². The Morgan fingerprint density at radius 1 is 1.19 bits per heavy atom. The number of ether oxygens (including phenoxy) is 1. The van der Waals surface area contributed by atoms with E-state index in [1.807, 2.05) is 13.0 Å². The maximum atomic E-state index is 5.59. The van der Waals surface area contributed by atoms with Crippen LogP contribution in [0.5, 0.6) is 0 Å². The minimum Gasteiger partial charge on any atom is -0.377 e. The average molecular weight is 437 g/mol. The molecule has 1 aliphatic heterocycles. The maximum absolute atomic E-state index is 5.59. The number of aromatic amines is 1. The highest BCUT2D eigenvalue weighted by Gasteiger charge is 2.22. The minimum atomic E-state index is 0.344. The largest absolute Gasteiger partial charge is 0.377 e. The van der Waals surface area contributed by atoms with Crippen LogP contribution < -0.4 is 4.90 Å². The maximum Gasteiger partial charge on any atom is 0.129 e. The number of thioether (sulfide) groups is 1. The van der Waals surface area contributed by atoms with Crippen molar-refractivity contribution in [2.24, 2.45) is 0 Å². The summed E-state index contributed by atoms with van der Waals surface area (Å²) >= 11 is 1.79. The third kappa shape index (κ3) is 5.77. The highest BCUT2D eigenvalue weighted by atomic mass is 32.2. The van der Waals surface area contributed by atoms with E-state index in [0.29, 0.717) is 6.04 Å². The molecule has 1 saturated heterocycles. The lowest BCUT2D eigenvalue weighted by atomic mass is 9.98. The van der Waals surface area contributed by atoms with Crippen molar-refractivity contribution in [2.45, 2.75) is 38.6 Å². The van der Waals surface area contributed by atoms with Gasteiger partial charge in [0.05, 0.1) is 19.3 Å². The molecule has 0 amide bonds. The number of anilines is 1. The molecule has 1 aliphatic rings. The van der Waals surface area contributed by atoms with Crippen LogP contribution >= 0.6 is 11.8 Å². The lowest BCUT2D eigenvalue weighted by Gasteiger charge is -2.35. The Morgan fingerprint density at radius 2 is 2.00 bits per heavy atom. The summed E-state index contributed by atoms with van der Waals surface area (Å²) in [6, 6.07) is 13.1. The number of H-pyrrole nitrogens is 1. The lowest BCUT2D eigenvalue weighted by molar-refractivity contribution is 0.0985. The number of nitrogens with zero attached hydrogens (tertiary/aromatic N) is 3. The molecule has 1 aromatic carbocycles. The van der Waals surface area contributed by atoms with Crippen molar-refractivity contribution in [1.29, 1.82) is 0 Å². The number of morpholine rings is 1. The smallest absolute Gasteiger partial charge is 0.129 e. The number of aryl methyl sites for hydroxylation is 2. The molecule has 1 N–H and O–H groups in total. The van der Waals surface area contributed by atoms with Crippen LogP contribution in [0.15, 0.2) is 53.6 Å². The van der Waals surface area contributed by atoms with E-state index in [0.717, 1.165) is 37.0 Å². The summed E-state index contributed by atoms with van der Waals surface area (Å²) < 4.78 is 5.59. The summed E-state index contributed by atoms with van der Waals surface area (Å²) in [4.78, 5) is 8.57. The second kappa shape index (κ2) is 11.2. The third-order valence-corrected chi connectivity index (χ3v) is 6.06. The van der Waals surface area contributed by atoms with Gasteiger partial charge in [0, 0.05) is 34.6 Å². The van der Waals surface area contributed by atoms with E-state index in [9.17, 15) is 0 Å². The van der Waals surface area contributed by atoms with Crippen molar-refractivity contribution in [3.05, 3.63) is 65.6 Å². The molecule has 1 atom stereocenters. The van der Waals surface area contributed by atoms with Crippen molar-refractivity contribution in [3.8, 4) is 11.1 Å². The van der Waals surface area contributed by atoms with E-state index in [1.165, 1.54) is 21.6 Å². The molecule has 1 fully saturated rings. The molecule has 0 bridgehead atoms. The predicted octanol–water partition coefficient (Wildman–Crippen LogP) is 5.76. The molecule has 3 aromatic rings. The van der Waals surface area contributed by atoms with Gasteiger partial charge in [0.15, 0.2) is 0 Å².